The van der Waals surface area contributed by atoms with E-state index in [9.17, 15) is 9.90 Å². The van der Waals surface area contributed by atoms with Gasteiger partial charge in [0, 0.05) is 11.3 Å². The van der Waals surface area contributed by atoms with Crippen LogP contribution >= 0.6 is 0 Å². The highest BCUT2D eigenvalue weighted by atomic mass is 16.3. The zero-order chi connectivity index (χ0) is 16.4. The van der Waals surface area contributed by atoms with Crippen LogP contribution in [0.2, 0.25) is 0 Å². The molecule has 0 aliphatic heterocycles. The third kappa shape index (κ3) is 3.25. The average molecular weight is 305 g/mol. The van der Waals surface area contributed by atoms with E-state index in [4.69, 9.17) is 0 Å². The van der Waals surface area contributed by atoms with Crippen LogP contribution in [0.3, 0.4) is 0 Å². The quantitative estimate of drug-likeness (QED) is 0.757. The van der Waals surface area contributed by atoms with Crippen molar-refractivity contribution < 1.29 is 9.90 Å². The summed E-state index contributed by atoms with van der Waals surface area (Å²) in [7, 11) is 0. The van der Waals surface area contributed by atoms with Crippen LogP contribution in [-0.2, 0) is 5.60 Å². The Bertz CT molecular complexity index is 857. The van der Waals surface area contributed by atoms with Crippen LogP contribution < -0.4 is 5.32 Å². The molecule has 0 aliphatic rings. The van der Waals surface area contributed by atoms with Crippen LogP contribution in [0.5, 0.6) is 0 Å². The molecule has 0 aliphatic carbocycles. The van der Waals surface area contributed by atoms with E-state index in [2.05, 4.69) is 5.32 Å². The average Bonchev–Trinajstić information content (AvgIpc) is 2.53. The lowest BCUT2D eigenvalue weighted by Gasteiger charge is -2.18. The number of carbonyl (C=O) groups is 1. The maximum absolute atomic E-state index is 12.6. The lowest BCUT2D eigenvalue weighted by molar-refractivity contribution is 0.0786. The van der Waals surface area contributed by atoms with Gasteiger partial charge in [-0.1, -0.05) is 48.5 Å². The lowest BCUT2D eigenvalue weighted by atomic mass is 9.98. The standard InChI is InChI=1S/C20H19NO2/c1-20(2,23)15-9-6-10-16(13-15)21-19(22)18-12-5-8-14-7-3-4-11-17(14)18/h3-13,23H,1-2H3,(H,21,22). The van der Waals surface area contributed by atoms with Gasteiger partial charge in [0.25, 0.3) is 5.91 Å². The van der Waals surface area contributed by atoms with Crippen LogP contribution in [0.1, 0.15) is 29.8 Å². The van der Waals surface area contributed by atoms with Crippen molar-refractivity contribution in [3.63, 3.8) is 0 Å². The molecule has 23 heavy (non-hydrogen) atoms. The van der Waals surface area contributed by atoms with Crippen molar-refractivity contribution in [2.24, 2.45) is 0 Å². The number of amides is 1. The molecule has 0 bridgehead atoms. The molecule has 2 N–H and O–H groups in total. The number of nitrogens with one attached hydrogen (secondary N) is 1. The molecule has 116 valence electrons. The molecule has 3 heteroatoms. The van der Waals surface area contributed by atoms with Crippen LogP contribution in [-0.4, -0.2) is 11.0 Å². The van der Waals surface area contributed by atoms with E-state index in [1.54, 1.807) is 19.9 Å². The minimum atomic E-state index is -0.944. The number of benzene rings is 3. The SMILES string of the molecule is CC(C)(O)c1cccc(NC(=O)c2cccc3ccccc23)c1. The molecule has 0 atom stereocenters. The van der Waals surface area contributed by atoms with Gasteiger partial charge in [0.2, 0.25) is 0 Å². The first kappa shape index (κ1) is 15.3. The summed E-state index contributed by atoms with van der Waals surface area (Å²) in [6.45, 7) is 3.44. The first-order chi connectivity index (χ1) is 10.9. The van der Waals surface area contributed by atoms with E-state index in [1.165, 1.54) is 0 Å². The molecule has 0 spiro atoms. The summed E-state index contributed by atoms with van der Waals surface area (Å²) in [4.78, 5) is 12.6. The highest BCUT2D eigenvalue weighted by Crippen LogP contribution is 2.24. The summed E-state index contributed by atoms with van der Waals surface area (Å²) >= 11 is 0. The highest BCUT2D eigenvalue weighted by molar-refractivity contribution is 6.12. The van der Waals surface area contributed by atoms with E-state index < -0.39 is 5.60 Å². The highest BCUT2D eigenvalue weighted by Gasteiger charge is 2.17. The van der Waals surface area contributed by atoms with Crippen LogP contribution in [0.25, 0.3) is 10.8 Å². The van der Waals surface area contributed by atoms with Gasteiger partial charge < -0.3 is 10.4 Å². The first-order valence-corrected chi connectivity index (χ1v) is 7.57. The normalized spacial score (nSPS) is 11.4. The summed E-state index contributed by atoms with van der Waals surface area (Å²) < 4.78 is 0. The van der Waals surface area contributed by atoms with Gasteiger partial charge in [-0.05, 0) is 48.4 Å². The Hall–Kier alpha value is -2.65. The molecule has 1 amide bonds. The Morgan fingerprint density at radius 3 is 2.43 bits per heavy atom. The zero-order valence-corrected chi connectivity index (χ0v) is 13.2. The van der Waals surface area contributed by atoms with E-state index in [0.29, 0.717) is 11.3 Å². The number of aliphatic hydroxyl groups is 1. The van der Waals surface area contributed by atoms with E-state index in [0.717, 1.165) is 16.3 Å². The molecule has 0 saturated heterocycles. The maximum Gasteiger partial charge on any atom is 0.256 e. The van der Waals surface area contributed by atoms with Gasteiger partial charge in [-0.15, -0.1) is 0 Å². The molecule has 3 rings (SSSR count). The predicted molar refractivity (Wildman–Crippen MR) is 93.6 cm³/mol. The summed E-state index contributed by atoms with van der Waals surface area (Å²) in [6.07, 6.45) is 0. The fourth-order valence-electron chi connectivity index (χ4n) is 2.60. The Balaban J connectivity index is 1.93. The number of carbonyl (C=O) groups excluding carboxylic acids is 1. The molecule has 3 aromatic rings. The second kappa shape index (κ2) is 5.86. The smallest absolute Gasteiger partial charge is 0.256 e. The molecule has 0 fully saturated rings. The third-order valence-electron chi connectivity index (χ3n) is 3.86. The molecule has 0 unspecified atom stereocenters. The summed E-state index contributed by atoms with van der Waals surface area (Å²) in [5, 5.41) is 15.0. The maximum atomic E-state index is 12.6. The van der Waals surface area contributed by atoms with Crippen molar-refractivity contribution in [1.29, 1.82) is 0 Å². The van der Waals surface area contributed by atoms with Gasteiger partial charge in [0.05, 0.1) is 5.60 Å². The molecule has 3 aromatic carbocycles. The van der Waals surface area contributed by atoms with Crippen molar-refractivity contribution >= 4 is 22.4 Å². The fourth-order valence-corrected chi connectivity index (χ4v) is 2.60. The van der Waals surface area contributed by atoms with Gasteiger partial charge in [-0.3, -0.25) is 4.79 Å². The molecule has 0 heterocycles. The van der Waals surface area contributed by atoms with E-state index in [1.807, 2.05) is 60.7 Å². The number of hydrogen-bond acceptors (Lipinski definition) is 2. The first-order valence-electron chi connectivity index (χ1n) is 7.57. The lowest BCUT2D eigenvalue weighted by Crippen LogP contribution is -2.17. The van der Waals surface area contributed by atoms with E-state index >= 15 is 0 Å². The van der Waals surface area contributed by atoms with Crippen LogP contribution in [0, 0.1) is 0 Å². The van der Waals surface area contributed by atoms with E-state index in [-0.39, 0.29) is 5.91 Å². The third-order valence-corrected chi connectivity index (χ3v) is 3.86. The number of hydrogen-bond donors (Lipinski definition) is 2. The minimum absolute atomic E-state index is 0.158. The molecule has 0 aromatic heterocycles. The summed E-state index contributed by atoms with van der Waals surface area (Å²) in [6, 6.07) is 20.8. The zero-order valence-electron chi connectivity index (χ0n) is 13.2. The Kier molecular flexibility index (Phi) is 3.89. The Morgan fingerprint density at radius 1 is 0.957 bits per heavy atom. The van der Waals surface area contributed by atoms with Gasteiger partial charge in [-0.25, -0.2) is 0 Å². The van der Waals surface area contributed by atoms with Crippen LogP contribution in [0.4, 0.5) is 5.69 Å². The Labute approximate surface area is 135 Å². The van der Waals surface area contributed by atoms with Crippen molar-refractivity contribution in [1.82, 2.24) is 0 Å². The molecular formula is C20H19NO2. The minimum Gasteiger partial charge on any atom is -0.386 e. The molecular weight excluding hydrogens is 286 g/mol. The fraction of sp³-hybridized carbons (Fsp3) is 0.150. The number of fused-ring (bicyclic) bond motifs is 1. The number of anilines is 1. The van der Waals surface area contributed by atoms with Crippen LogP contribution in [0.15, 0.2) is 66.7 Å². The second-order valence-corrected chi connectivity index (χ2v) is 6.12. The summed E-state index contributed by atoms with van der Waals surface area (Å²) in [5.74, 6) is -0.158. The molecule has 3 nitrogen and oxygen atoms in total. The molecule has 0 saturated carbocycles. The molecule has 0 radical (unpaired) electrons. The monoisotopic (exact) mass is 305 g/mol. The largest absolute Gasteiger partial charge is 0.386 e. The topological polar surface area (TPSA) is 49.3 Å². The van der Waals surface area contributed by atoms with Gasteiger partial charge in [0.15, 0.2) is 0 Å². The number of rotatable bonds is 3. The predicted octanol–water partition coefficient (Wildman–Crippen LogP) is 4.32. The van der Waals surface area contributed by atoms with Crippen molar-refractivity contribution in [2.45, 2.75) is 19.4 Å². The summed E-state index contributed by atoms with van der Waals surface area (Å²) in [5.41, 5.74) is 1.12. The second-order valence-electron chi connectivity index (χ2n) is 6.12. The van der Waals surface area contributed by atoms with Gasteiger partial charge in [0.1, 0.15) is 0 Å². The van der Waals surface area contributed by atoms with Crippen molar-refractivity contribution in [3.8, 4) is 0 Å². The Morgan fingerprint density at radius 2 is 1.65 bits per heavy atom. The van der Waals surface area contributed by atoms with Gasteiger partial charge >= 0.3 is 0 Å². The van der Waals surface area contributed by atoms with Crippen molar-refractivity contribution in [3.05, 3.63) is 77.9 Å². The van der Waals surface area contributed by atoms with Gasteiger partial charge in [-0.2, -0.15) is 0 Å². The van der Waals surface area contributed by atoms with Crippen molar-refractivity contribution in [2.75, 3.05) is 5.32 Å².